The van der Waals surface area contributed by atoms with Crippen LogP contribution in [-0.2, 0) is 15.5 Å². The summed E-state index contributed by atoms with van der Waals surface area (Å²) >= 11 is 7.56. The number of hydrogen-bond donors (Lipinski definition) is 2. The number of aromatic amines is 1. The summed E-state index contributed by atoms with van der Waals surface area (Å²) in [5.41, 5.74) is 6.32. The molecule has 0 spiro atoms. The number of pyridine rings is 1. The summed E-state index contributed by atoms with van der Waals surface area (Å²) in [6, 6.07) is 19.9. The van der Waals surface area contributed by atoms with Crippen LogP contribution in [0.1, 0.15) is 36.4 Å². The number of nitrogens with zero attached hydrogens (tertiary/aromatic N) is 6. The Kier molecular flexibility index (Phi) is 9.43. The number of carbonyl (C=O) groups excluding carboxylic acids is 2. The number of hydrogen-bond acceptors (Lipinski definition) is 8. The number of benzene rings is 2. The molecule has 0 bridgehead atoms. The average molecular weight is 681 g/mol. The predicted molar refractivity (Wildman–Crippen MR) is 191 cm³/mol. The fraction of sp³-hybridized carbons (Fsp3) is 0.333. The standard InChI is InChI=1S/C36H37ClN8O2S/c1-48-36(35(47)41-28-7-8-31-30(20-28)33(43-42-31)27-9-15-38-29(19-27)21-37)12-18-44(23-36)22-32(46)45-16-10-25(11-17-45)24-3-5-26(6-4-24)34-39-13-2-14-40-34/h2-9,13-15,19-20,25H,10-12,16-18,21-23H2,1H3,(H,41,47)(H,42,43)/t36-/m0/s1. The van der Waals surface area contributed by atoms with Gasteiger partial charge in [0.15, 0.2) is 5.82 Å². The van der Waals surface area contributed by atoms with Crippen LogP contribution < -0.4 is 5.32 Å². The first-order chi connectivity index (χ1) is 23.4. The number of rotatable bonds is 9. The zero-order valence-electron chi connectivity index (χ0n) is 26.7. The molecule has 3 aromatic heterocycles. The topological polar surface area (TPSA) is 120 Å². The predicted octanol–water partition coefficient (Wildman–Crippen LogP) is 5.97. The lowest BCUT2D eigenvalue weighted by atomic mass is 9.89. The van der Waals surface area contributed by atoms with Crippen molar-refractivity contribution in [1.82, 2.24) is 34.9 Å². The van der Waals surface area contributed by atoms with Crippen molar-refractivity contribution >= 4 is 51.8 Å². The van der Waals surface area contributed by atoms with Gasteiger partial charge in [0.05, 0.1) is 23.6 Å². The molecule has 246 valence electrons. The molecular weight excluding hydrogens is 644 g/mol. The third kappa shape index (κ3) is 6.67. The van der Waals surface area contributed by atoms with Crippen LogP contribution in [0.3, 0.4) is 0 Å². The zero-order valence-corrected chi connectivity index (χ0v) is 28.3. The van der Waals surface area contributed by atoms with E-state index in [4.69, 9.17) is 11.6 Å². The summed E-state index contributed by atoms with van der Waals surface area (Å²) in [5.74, 6) is 1.55. The van der Waals surface area contributed by atoms with E-state index >= 15 is 0 Å². The van der Waals surface area contributed by atoms with E-state index in [0.29, 0.717) is 43.5 Å². The minimum Gasteiger partial charge on any atom is -0.342 e. The number of alkyl halides is 1. The monoisotopic (exact) mass is 680 g/mol. The maximum atomic E-state index is 13.8. The Labute approximate surface area is 288 Å². The zero-order chi connectivity index (χ0) is 33.1. The number of carbonyl (C=O) groups is 2. The van der Waals surface area contributed by atoms with Gasteiger partial charge in [-0.05, 0) is 73.4 Å². The van der Waals surface area contributed by atoms with E-state index in [1.54, 1.807) is 30.4 Å². The van der Waals surface area contributed by atoms with Crippen LogP contribution in [0.2, 0.25) is 0 Å². The summed E-state index contributed by atoms with van der Waals surface area (Å²) in [4.78, 5) is 44.2. The van der Waals surface area contributed by atoms with Crippen LogP contribution in [0, 0.1) is 0 Å². The van der Waals surface area contributed by atoms with Gasteiger partial charge in [-0.3, -0.25) is 24.6 Å². The largest absolute Gasteiger partial charge is 0.342 e. The molecule has 0 radical (unpaired) electrons. The normalized spacial score (nSPS) is 18.8. The molecule has 2 N–H and O–H groups in total. The molecule has 2 fully saturated rings. The number of halogens is 1. The molecule has 2 aromatic carbocycles. The summed E-state index contributed by atoms with van der Waals surface area (Å²) in [7, 11) is 0. The van der Waals surface area contributed by atoms with Crippen molar-refractivity contribution in [3.63, 3.8) is 0 Å². The first-order valence-electron chi connectivity index (χ1n) is 16.2. The molecule has 7 rings (SSSR count). The molecule has 2 aliphatic rings. The molecule has 5 heterocycles. The van der Waals surface area contributed by atoms with Gasteiger partial charge >= 0.3 is 0 Å². The number of thioether (sulfide) groups is 1. The molecule has 2 aliphatic heterocycles. The van der Waals surface area contributed by atoms with Crippen molar-refractivity contribution < 1.29 is 9.59 Å². The lowest BCUT2D eigenvalue weighted by molar-refractivity contribution is -0.133. The maximum absolute atomic E-state index is 13.8. The highest BCUT2D eigenvalue weighted by atomic mass is 35.5. The lowest BCUT2D eigenvalue weighted by Crippen LogP contribution is -2.46. The van der Waals surface area contributed by atoms with Crippen LogP contribution in [0.25, 0.3) is 33.5 Å². The summed E-state index contributed by atoms with van der Waals surface area (Å²) in [6.07, 6.45) is 9.75. The molecule has 1 atom stereocenters. The second-order valence-electron chi connectivity index (χ2n) is 12.5. The number of amides is 2. The average Bonchev–Trinajstić information content (AvgIpc) is 3.77. The molecule has 0 saturated carbocycles. The SMILES string of the molecule is CS[C@@]1(C(=O)Nc2ccc3[nH]nc(-c4ccnc(CCl)c4)c3c2)CCN(CC(=O)N2CCC(c3ccc(-c4ncccn4)cc3)CC2)C1. The smallest absolute Gasteiger partial charge is 0.241 e. The van der Waals surface area contributed by atoms with E-state index in [9.17, 15) is 9.59 Å². The van der Waals surface area contributed by atoms with Crippen molar-refractivity contribution in [3.05, 3.63) is 90.5 Å². The van der Waals surface area contributed by atoms with Crippen molar-refractivity contribution in [2.75, 3.05) is 44.3 Å². The number of anilines is 1. The van der Waals surface area contributed by atoms with Crippen molar-refractivity contribution in [3.8, 4) is 22.6 Å². The van der Waals surface area contributed by atoms with E-state index in [-0.39, 0.29) is 11.8 Å². The van der Waals surface area contributed by atoms with Crippen LogP contribution in [0.5, 0.6) is 0 Å². The molecular formula is C36H37ClN8O2S. The number of piperidine rings is 1. The molecule has 12 heteroatoms. The molecule has 48 heavy (non-hydrogen) atoms. The van der Waals surface area contributed by atoms with Crippen LogP contribution in [0.4, 0.5) is 5.69 Å². The van der Waals surface area contributed by atoms with Crippen molar-refractivity contribution in [2.45, 2.75) is 35.8 Å². The third-order valence-corrected chi connectivity index (χ3v) is 11.1. The van der Waals surface area contributed by atoms with Gasteiger partial charge in [-0.2, -0.15) is 5.10 Å². The van der Waals surface area contributed by atoms with Gasteiger partial charge in [0, 0.05) is 67.0 Å². The quantitative estimate of drug-likeness (QED) is 0.183. The summed E-state index contributed by atoms with van der Waals surface area (Å²) in [5, 5.41) is 11.7. The number of likely N-dealkylation sites (tertiary alicyclic amines) is 2. The van der Waals surface area contributed by atoms with Crippen LogP contribution in [-0.4, -0.2) is 90.5 Å². The minimum atomic E-state index is -0.640. The second kappa shape index (κ2) is 14.0. The van der Waals surface area contributed by atoms with E-state index < -0.39 is 4.75 Å². The molecule has 0 unspecified atom stereocenters. The van der Waals surface area contributed by atoms with Gasteiger partial charge in [0.25, 0.3) is 0 Å². The number of H-pyrrole nitrogens is 1. The van der Waals surface area contributed by atoms with Gasteiger partial charge in [-0.15, -0.1) is 23.4 Å². The van der Waals surface area contributed by atoms with Crippen LogP contribution >= 0.6 is 23.4 Å². The Morgan fingerprint density at radius 3 is 2.52 bits per heavy atom. The van der Waals surface area contributed by atoms with Gasteiger partial charge in [-0.25, -0.2) is 9.97 Å². The number of nitrogens with one attached hydrogen (secondary N) is 2. The van der Waals surface area contributed by atoms with Gasteiger partial charge in [0.1, 0.15) is 10.4 Å². The van der Waals surface area contributed by atoms with E-state index in [2.05, 4.69) is 59.6 Å². The van der Waals surface area contributed by atoms with Crippen molar-refractivity contribution in [2.24, 2.45) is 0 Å². The highest BCUT2D eigenvalue weighted by Gasteiger charge is 2.45. The lowest BCUT2D eigenvalue weighted by Gasteiger charge is -2.33. The summed E-state index contributed by atoms with van der Waals surface area (Å²) in [6.45, 7) is 3.02. The van der Waals surface area contributed by atoms with E-state index in [0.717, 1.165) is 65.2 Å². The van der Waals surface area contributed by atoms with Crippen molar-refractivity contribution in [1.29, 1.82) is 0 Å². The fourth-order valence-corrected chi connectivity index (χ4v) is 7.79. The molecule has 2 saturated heterocycles. The fourth-order valence-electron chi connectivity index (χ4n) is 6.80. The highest BCUT2D eigenvalue weighted by molar-refractivity contribution is 8.00. The van der Waals surface area contributed by atoms with Gasteiger partial charge in [0.2, 0.25) is 11.8 Å². The van der Waals surface area contributed by atoms with Gasteiger partial charge in [-0.1, -0.05) is 24.3 Å². The van der Waals surface area contributed by atoms with E-state index in [1.165, 1.54) is 5.56 Å². The number of aromatic nitrogens is 5. The Morgan fingerprint density at radius 2 is 1.77 bits per heavy atom. The van der Waals surface area contributed by atoms with Crippen LogP contribution in [0.15, 0.2) is 79.3 Å². The second-order valence-corrected chi connectivity index (χ2v) is 13.9. The minimum absolute atomic E-state index is 0.0478. The molecule has 0 aliphatic carbocycles. The van der Waals surface area contributed by atoms with Gasteiger partial charge < -0.3 is 10.2 Å². The summed E-state index contributed by atoms with van der Waals surface area (Å²) < 4.78 is -0.640. The third-order valence-electron chi connectivity index (χ3n) is 9.58. The highest BCUT2D eigenvalue weighted by Crippen LogP contribution is 2.36. The Bertz CT molecular complexity index is 1910. The maximum Gasteiger partial charge on any atom is 0.241 e. The molecule has 5 aromatic rings. The number of fused-ring (bicyclic) bond motifs is 1. The Morgan fingerprint density at radius 1 is 0.979 bits per heavy atom. The first-order valence-corrected chi connectivity index (χ1v) is 17.9. The Balaban J connectivity index is 0.943. The Hall–Kier alpha value is -4.32. The van der Waals surface area contributed by atoms with E-state index in [1.807, 2.05) is 47.6 Å². The first kappa shape index (κ1) is 32.2. The molecule has 10 nitrogen and oxygen atoms in total. The molecule has 2 amide bonds.